The highest BCUT2D eigenvalue weighted by Gasteiger charge is 2.04. The summed E-state index contributed by atoms with van der Waals surface area (Å²) < 4.78 is 2.88. The van der Waals surface area contributed by atoms with Crippen molar-refractivity contribution in [3.8, 4) is 10.6 Å². The number of hydrogen-bond acceptors (Lipinski definition) is 4. The number of aromatic amines is 1. The van der Waals surface area contributed by atoms with Gasteiger partial charge in [-0.1, -0.05) is 0 Å². The van der Waals surface area contributed by atoms with Crippen LogP contribution in [0.15, 0.2) is 36.2 Å². The van der Waals surface area contributed by atoms with Gasteiger partial charge in [-0.05, 0) is 24.4 Å². The molecule has 3 heterocycles. The first kappa shape index (κ1) is 10.9. The van der Waals surface area contributed by atoms with Crippen LogP contribution in [-0.4, -0.2) is 14.5 Å². The Hall–Kier alpha value is -1.24. The van der Waals surface area contributed by atoms with Gasteiger partial charge >= 0.3 is 0 Å². The monoisotopic (exact) mass is 279 g/mol. The average molecular weight is 279 g/mol. The van der Waals surface area contributed by atoms with Gasteiger partial charge in [-0.3, -0.25) is 0 Å². The molecule has 0 aliphatic carbocycles. The first-order chi connectivity index (χ1) is 8.31. The summed E-state index contributed by atoms with van der Waals surface area (Å²) in [6.45, 7) is 0.871. The number of nitrogens with one attached hydrogen (secondary N) is 1. The Bertz CT molecular complexity index is 660. The van der Waals surface area contributed by atoms with E-state index in [4.69, 9.17) is 12.2 Å². The van der Waals surface area contributed by atoms with Crippen molar-refractivity contribution in [3.63, 3.8) is 0 Å². The maximum atomic E-state index is 5.09. The van der Waals surface area contributed by atoms with Crippen LogP contribution in [0.25, 0.3) is 10.6 Å². The molecule has 0 aromatic carbocycles. The Labute approximate surface area is 111 Å². The highest BCUT2D eigenvalue weighted by molar-refractivity contribution is 7.73. The Balaban J connectivity index is 1.85. The van der Waals surface area contributed by atoms with E-state index in [1.807, 2.05) is 12.5 Å². The fraction of sp³-hybridized carbons (Fsp3) is 0.0909. The summed E-state index contributed by atoms with van der Waals surface area (Å²) in [5, 5.41) is 2.06. The molecule has 3 nitrogen and oxygen atoms in total. The minimum atomic E-state index is 0.824. The lowest BCUT2D eigenvalue weighted by Crippen LogP contribution is -1.92. The van der Waals surface area contributed by atoms with Crippen molar-refractivity contribution in [2.75, 3.05) is 0 Å². The van der Waals surface area contributed by atoms with Gasteiger partial charge in [0.25, 0.3) is 0 Å². The summed E-state index contributed by atoms with van der Waals surface area (Å²) in [5.41, 5.74) is 1.11. The van der Waals surface area contributed by atoms with Crippen LogP contribution in [0.4, 0.5) is 0 Å². The van der Waals surface area contributed by atoms with E-state index < -0.39 is 0 Å². The van der Waals surface area contributed by atoms with Crippen LogP contribution in [0, 0.1) is 3.95 Å². The number of thiazole rings is 1. The van der Waals surface area contributed by atoms with Gasteiger partial charge in [0.05, 0.1) is 23.4 Å². The third-order valence-electron chi connectivity index (χ3n) is 2.35. The molecule has 3 aromatic heterocycles. The van der Waals surface area contributed by atoms with Crippen molar-refractivity contribution >= 4 is 34.9 Å². The molecular weight excluding hydrogens is 270 g/mol. The van der Waals surface area contributed by atoms with Crippen LogP contribution in [0.3, 0.4) is 0 Å². The minimum Gasteiger partial charge on any atom is -0.336 e. The predicted octanol–water partition coefficient (Wildman–Crippen LogP) is 3.78. The van der Waals surface area contributed by atoms with Crippen molar-refractivity contribution in [1.82, 2.24) is 14.5 Å². The maximum absolute atomic E-state index is 5.09. The molecule has 0 atom stereocenters. The van der Waals surface area contributed by atoms with Crippen LogP contribution in [0.2, 0.25) is 0 Å². The number of imidazole rings is 1. The van der Waals surface area contributed by atoms with E-state index in [0.717, 1.165) is 16.2 Å². The van der Waals surface area contributed by atoms with Gasteiger partial charge in [-0.2, -0.15) is 0 Å². The molecule has 86 valence electrons. The molecule has 6 heteroatoms. The molecule has 0 radical (unpaired) electrons. The molecular formula is C11H9N3S3. The van der Waals surface area contributed by atoms with E-state index in [0.29, 0.717) is 0 Å². The van der Waals surface area contributed by atoms with E-state index in [1.54, 1.807) is 28.9 Å². The number of hydrogen-bond donors (Lipinski definition) is 1. The summed E-state index contributed by atoms with van der Waals surface area (Å²) in [6.07, 6.45) is 5.60. The van der Waals surface area contributed by atoms with Gasteiger partial charge in [0.1, 0.15) is 0 Å². The van der Waals surface area contributed by atoms with Gasteiger partial charge in [0.15, 0.2) is 3.95 Å². The number of H-pyrrole nitrogens is 1. The molecule has 0 saturated heterocycles. The molecule has 0 aliphatic rings. The second-order valence-electron chi connectivity index (χ2n) is 3.56. The highest BCUT2D eigenvalue weighted by atomic mass is 32.1. The standard InChI is InChI=1S/C11H9N3S3/c15-11-13-9(6-16-11)10-2-1-8(17-10)5-14-4-3-12-7-14/h1-4,6-7H,5H2,(H,13,15). The number of thiophene rings is 1. The first-order valence-electron chi connectivity index (χ1n) is 5.04. The number of aromatic nitrogens is 3. The van der Waals surface area contributed by atoms with Gasteiger partial charge in [0, 0.05) is 22.7 Å². The van der Waals surface area contributed by atoms with Gasteiger partial charge in [0.2, 0.25) is 0 Å². The average Bonchev–Trinajstić information content (AvgIpc) is 2.99. The highest BCUT2D eigenvalue weighted by Crippen LogP contribution is 2.28. The van der Waals surface area contributed by atoms with Crippen molar-refractivity contribution in [3.05, 3.63) is 45.1 Å². The molecule has 0 unspecified atom stereocenters. The normalized spacial score (nSPS) is 10.8. The fourth-order valence-corrected chi connectivity index (χ4v) is 3.47. The molecule has 3 aromatic rings. The molecule has 0 fully saturated rings. The van der Waals surface area contributed by atoms with Crippen LogP contribution in [0.1, 0.15) is 4.88 Å². The molecule has 0 saturated carbocycles. The molecule has 0 bridgehead atoms. The predicted molar refractivity (Wildman–Crippen MR) is 74.1 cm³/mol. The smallest absolute Gasteiger partial charge is 0.158 e. The van der Waals surface area contributed by atoms with Crippen molar-refractivity contribution in [2.24, 2.45) is 0 Å². The SMILES string of the molecule is S=c1[nH]c(-c2ccc(Cn3ccnc3)s2)cs1. The van der Waals surface area contributed by atoms with Gasteiger partial charge < -0.3 is 9.55 Å². The van der Waals surface area contributed by atoms with E-state index >= 15 is 0 Å². The molecule has 0 spiro atoms. The summed E-state index contributed by atoms with van der Waals surface area (Å²) in [7, 11) is 0. The lowest BCUT2D eigenvalue weighted by Gasteiger charge is -1.97. The molecule has 0 amide bonds. The lowest BCUT2D eigenvalue weighted by molar-refractivity contribution is 0.810. The fourth-order valence-electron chi connectivity index (χ4n) is 1.57. The Morgan fingerprint density at radius 3 is 3.06 bits per heavy atom. The zero-order valence-electron chi connectivity index (χ0n) is 8.79. The number of nitrogens with zero attached hydrogens (tertiary/aromatic N) is 2. The van der Waals surface area contributed by atoms with E-state index in [2.05, 4.69) is 32.0 Å². The number of rotatable bonds is 3. The van der Waals surface area contributed by atoms with Crippen molar-refractivity contribution < 1.29 is 0 Å². The van der Waals surface area contributed by atoms with Crippen molar-refractivity contribution in [2.45, 2.75) is 6.54 Å². The van der Waals surface area contributed by atoms with Crippen LogP contribution in [-0.2, 0) is 6.54 Å². The Kier molecular flexibility index (Phi) is 2.92. The van der Waals surface area contributed by atoms with Crippen molar-refractivity contribution in [1.29, 1.82) is 0 Å². The van der Waals surface area contributed by atoms with Gasteiger partial charge in [-0.15, -0.1) is 22.7 Å². The maximum Gasteiger partial charge on any atom is 0.158 e. The van der Waals surface area contributed by atoms with Crippen LogP contribution < -0.4 is 0 Å². The molecule has 17 heavy (non-hydrogen) atoms. The van der Waals surface area contributed by atoms with E-state index in [1.165, 1.54) is 9.75 Å². The zero-order valence-corrected chi connectivity index (χ0v) is 11.2. The molecule has 1 N–H and O–H groups in total. The van der Waals surface area contributed by atoms with Crippen LogP contribution >= 0.6 is 34.9 Å². The van der Waals surface area contributed by atoms with Crippen LogP contribution in [0.5, 0.6) is 0 Å². The molecule has 0 aliphatic heterocycles. The quantitative estimate of drug-likeness (QED) is 0.740. The molecule has 3 rings (SSSR count). The topological polar surface area (TPSA) is 33.6 Å². The Morgan fingerprint density at radius 2 is 2.35 bits per heavy atom. The zero-order chi connectivity index (χ0) is 11.7. The third-order valence-corrected chi connectivity index (χ3v) is 4.51. The Morgan fingerprint density at radius 1 is 1.41 bits per heavy atom. The second kappa shape index (κ2) is 4.56. The summed E-state index contributed by atoms with van der Waals surface area (Å²) in [5.74, 6) is 0. The summed E-state index contributed by atoms with van der Waals surface area (Å²) in [6, 6.07) is 4.28. The van der Waals surface area contributed by atoms with E-state index in [9.17, 15) is 0 Å². The summed E-state index contributed by atoms with van der Waals surface area (Å²) >= 11 is 8.43. The van der Waals surface area contributed by atoms with Gasteiger partial charge in [-0.25, -0.2) is 4.98 Å². The third kappa shape index (κ3) is 2.38. The second-order valence-corrected chi connectivity index (χ2v) is 6.28. The van der Waals surface area contributed by atoms with E-state index in [-0.39, 0.29) is 0 Å². The lowest BCUT2D eigenvalue weighted by atomic mass is 10.3. The minimum absolute atomic E-state index is 0.824. The largest absolute Gasteiger partial charge is 0.336 e. The first-order valence-corrected chi connectivity index (χ1v) is 7.14. The summed E-state index contributed by atoms with van der Waals surface area (Å²) in [4.78, 5) is 9.76.